The zero-order chi connectivity index (χ0) is 11.9. The Morgan fingerprint density at radius 3 is 2.44 bits per heavy atom. The fourth-order valence-corrected chi connectivity index (χ4v) is 2.58. The summed E-state index contributed by atoms with van der Waals surface area (Å²) < 4.78 is 11.9. The van der Waals surface area contributed by atoms with Crippen molar-refractivity contribution < 1.29 is 9.47 Å². The van der Waals surface area contributed by atoms with Crippen LogP contribution < -0.4 is 15.2 Å². The van der Waals surface area contributed by atoms with E-state index in [0.717, 1.165) is 27.1 Å². The van der Waals surface area contributed by atoms with Crippen LogP contribution in [0.4, 0.5) is 0 Å². The average molecular weight is 286 g/mol. The summed E-state index contributed by atoms with van der Waals surface area (Å²) in [6.07, 6.45) is 0. The number of rotatable bonds is 2. The first kappa shape index (κ1) is 11.7. The third-order valence-electron chi connectivity index (χ3n) is 2.74. The van der Waals surface area contributed by atoms with Crippen LogP contribution in [0.3, 0.4) is 0 Å². The molecule has 2 rings (SSSR count). The van der Waals surface area contributed by atoms with Gasteiger partial charge in [0.2, 0.25) is 6.79 Å². The molecule has 0 aromatic heterocycles. The number of ether oxygens (including phenoxy) is 2. The number of fused-ring (bicyclic) bond motifs is 1. The predicted octanol–water partition coefficient (Wildman–Crippen LogP) is 3.32. The second-order valence-electron chi connectivity index (χ2n) is 4.37. The summed E-state index contributed by atoms with van der Waals surface area (Å²) >= 11 is 3.49. The lowest BCUT2D eigenvalue weighted by Gasteiger charge is -2.18. The van der Waals surface area contributed by atoms with Crippen molar-refractivity contribution in [3.05, 3.63) is 21.7 Å². The Morgan fingerprint density at radius 1 is 1.25 bits per heavy atom. The van der Waals surface area contributed by atoms with E-state index < -0.39 is 0 Å². The van der Waals surface area contributed by atoms with E-state index in [9.17, 15) is 0 Å². The maximum absolute atomic E-state index is 6.00. The minimum Gasteiger partial charge on any atom is -0.453 e. The minimum atomic E-state index is -0.0109. The number of hydrogen-bond acceptors (Lipinski definition) is 3. The van der Waals surface area contributed by atoms with E-state index in [1.54, 1.807) is 0 Å². The van der Waals surface area contributed by atoms with Crippen LogP contribution >= 0.6 is 15.9 Å². The molecule has 88 valence electrons. The molecule has 1 aromatic rings. The standard InChI is InChI=1S/C12H16BrNO2/c1-6(2)10-8(7(3)14)4-9(13)11-12(10)16-5-15-11/h4,6-7H,5,14H2,1-3H3. The van der Waals surface area contributed by atoms with Crippen LogP contribution in [0.15, 0.2) is 10.5 Å². The van der Waals surface area contributed by atoms with Crippen molar-refractivity contribution in [1.29, 1.82) is 0 Å². The van der Waals surface area contributed by atoms with Crippen molar-refractivity contribution >= 4 is 15.9 Å². The van der Waals surface area contributed by atoms with Gasteiger partial charge in [0.25, 0.3) is 0 Å². The normalized spacial score (nSPS) is 15.6. The van der Waals surface area contributed by atoms with Crippen LogP contribution in [-0.2, 0) is 0 Å². The second-order valence-corrected chi connectivity index (χ2v) is 5.22. The number of halogens is 1. The first-order valence-corrected chi connectivity index (χ1v) is 6.19. The molecule has 0 fully saturated rings. The molecule has 2 N–H and O–H groups in total. The first-order valence-electron chi connectivity index (χ1n) is 5.39. The van der Waals surface area contributed by atoms with Gasteiger partial charge in [0.05, 0.1) is 4.47 Å². The summed E-state index contributed by atoms with van der Waals surface area (Å²) in [5.74, 6) is 2.01. The van der Waals surface area contributed by atoms with Crippen LogP contribution in [0, 0.1) is 0 Å². The van der Waals surface area contributed by atoms with Crippen LogP contribution in [0.5, 0.6) is 11.5 Å². The fraction of sp³-hybridized carbons (Fsp3) is 0.500. The van der Waals surface area contributed by atoms with Gasteiger partial charge in [0, 0.05) is 11.6 Å². The highest BCUT2D eigenvalue weighted by Gasteiger charge is 2.26. The maximum atomic E-state index is 6.00. The summed E-state index contributed by atoms with van der Waals surface area (Å²) in [6.45, 7) is 6.54. The highest BCUT2D eigenvalue weighted by atomic mass is 79.9. The topological polar surface area (TPSA) is 44.5 Å². The zero-order valence-corrected chi connectivity index (χ0v) is 11.3. The largest absolute Gasteiger partial charge is 0.453 e. The molecular weight excluding hydrogens is 270 g/mol. The van der Waals surface area contributed by atoms with Gasteiger partial charge < -0.3 is 15.2 Å². The molecule has 16 heavy (non-hydrogen) atoms. The molecular formula is C12H16BrNO2. The summed E-state index contributed by atoms with van der Waals surface area (Å²) in [6, 6.07) is 2.02. The lowest BCUT2D eigenvalue weighted by Crippen LogP contribution is -2.10. The van der Waals surface area contributed by atoms with Crippen molar-refractivity contribution in [2.75, 3.05) is 6.79 Å². The van der Waals surface area contributed by atoms with E-state index in [1.165, 1.54) is 0 Å². The van der Waals surface area contributed by atoms with Crippen molar-refractivity contribution in [1.82, 2.24) is 0 Å². The maximum Gasteiger partial charge on any atom is 0.231 e. The van der Waals surface area contributed by atoms with Crippen molar-refractivity contribution in [2.45, 2.75) is 32.7 Å². The van der Waals surface area contributed by atoms with Crippen LogP contribution in [0.2, 0.25) is 0 Å². The van der Waals surface area contributed by atoms with Crippen LogP contribution in [0.25, 0.3) is 0 Å². The number of benzene rings is 1. The molecule has 0 spiro atoms. The van der Waals surface area contributed by atoms with E-state index in [1.807, 2.05) is 13.0 Å². The molecule has 0 saturated heterocycles. The van der Waals surface area contributed by atoms with E-state index in [2.05, 4.69) is 29.8 Å². The summed E-state index contributed by atoms with van der Waals surface area (Å²) in [7, 11) is 0. The summed E-state index contributed by atoms with van der Waals surface area (Å²) in [5, 5.41) is 0. The third-order valence-corrected chi connectivity index (χ3v) is 3.32. The predicted molar refractivity (Wildman–Crippen MR) is 67.0 cm³/mol. The lowest BCUT2D eigenvalue weighted by molar-refractivity contribution is 0.172. The monoisotopic (exact) mass is 285 g/mol. The number of hydrogen-bond donors (Lipinski definition) is 1. The molecule has 3 nitrogen and oxygen atoms in total. The Balaban J connectivity index is 2.67. The van der Waals surface area contributed by atoms with E-state index in [4.69, 9.17) is 15.2 Å². The van der Waals surface area contributed by atoms with Crippen molar-refractivity contribution in [3.63, 3.8) is 0 Å². The first-order chi connectivity index (χ1) is 7.52. The minimum absolute atomic E-state index is 0.0109. The van der Waals surface area contributed by atoms with Gasteiger partial charge >= 0.3 is 0 Å². The third kappa shape index (κ3) is 1.80. The van der Waals surface area contributed by atoms with Gasteiger partial charge in [-0.05, 0) is 40.4 Å². The highest BCUT2D eigenvalue weighted by Crippen LogP contribution is 2.47. The van der Waals surface area contributed by atoms with Gasteiger partial charge in [-0.15, -0.1) is 0 Å². The quantitative estimate of drug-likeness (QED) is 0.907. The smallest absolute Gasteiger partial charge is 0.231 e. The van der Waals surface area contributed by atoms with Crippen molar-refractivity contribution in [3.8, 4) is 11.5 Å². The SMILES string of the molecule is CC(C)c1c(C(C)N)cc(Br)c2c1OCO2. The van der Waals surface area contributed by atoms with E-state index in [0.29, 0.717) is 5.92 Å². The number of nitrogens with two attached hydrogens (primary N) is 1. The fourth-order valence-electron chi connectivity index (χ4n) is 2.04. The highest BCUT2D eigenvalue weighted by molar-refractivity contribution is 9.10. The molecule has 0 bridgehead atoms. The lowest BCUT2D eigenvalue weighted by atomic mass is 9.92. The van der Waals surface area contributed by atoms with Gasteiger partial charge in [-0.1, -0.05) is 13.8 Å². The molecule has 1 aliphatic heterocycles. The molecule has 4 heteroatoms. The molecule has 1 aliphatic rings. The van der Waals surface area contributed by atoms with Gasteiger partial charge in [-0.3, -0.25) is 0 Å². The van der Waals surface area contributed by atoms with Crippen LogP contribution in [-0.4, -0.2) is 6.79 Å². The second kappa shape index (κ2) is 4.26. The van der Waals surface area contributed by atoms with Crippen LogP contribution in [0.1, 0.15) is 43.9 Å². The van der Waals surface area contributed by atoms with E-state index in [-0.39, 0.29) is 12.8 Å². The molecule has 0 radical (unpaired) electrons. The Morgan fingerprint density at radius 2 is 1.88 bits per heavy atom. The molecule has 1 aromatic carbocycles. The van der Waals surface area contributed by atoms with Gasteiger partial charge in [0.1, 0.15) is 0 Å². The molecule has 0 amide bonds. The Hall–Kier alpha value is -0.740. The summed E-state index contributed by atoms with van der Waals surface area (Å²) in [5.41, 5.74) is 8.27. The molecule has 1 heterocycles. The molecule has 0 saturated carbocycles. The Bertz CT molecular complexity index is 416. The molecule has 0 aliphatic carbocycles. The average Bonchev–Trinajstić information content (AvgIpc) is 2.65. The molecule has 1 unspecified atom stereocenters. The van der Waals surface area contributed by atoms with Crippen molar-refractivity contribution in [2.24, 2.45) is 5.73 Å². The van der Waals surface area contributed by atoms with Gasteiger partial charge in [-0.25, -0.2) is 0 Å². The van der Waals surface area contributed by atoms with Gasteiger partial charge in [0.15, 0.2) is 11.5 Å². The summed E-state index contributed by atoms with van der Waals surface area (Å²) in [4.78, 5) is 0. The molecule has 1 atom stereocenters. The Kier molecular flexibility index (Phi) is 3.13. The zero-order valence-electron chi connectivity index (χ0n) is 9.71. The van der Waals surface area contributed by atoms with E-state index >= 15 is 0 Å². The van der Waals surface area contributed by atoms with Gasteiger partial charge in [-0.2, -0.15) is 0 Å². The Labute approximate surface area is 104 Å².